The molecule has 12 rings (SSSR count). The summed E-state index contributed by atoms with van der Waals surface area (Å²) >= 11 is 0. The number of rotatable bonds is 3. The van der Waals surface area contributed by atoms with Crippen LogP contribution in [0.3, 0.4) is 0 Å². The Morgan fingerprint density at radius 3 is 1.64 bits per heavy atom. The number of para-hydroxylation sites is 6. The molecule has 246 valence electrons. The van der Waals surface area contributed by atoms with Crippen molar-refractivity contribution in [3.05, 3.63) is 175 Å². The van der Waals surface area contributed by atoms with Crippen LogP contribution in [0.2, 0.25) is 0 Å². The van der Waals surface area contributed by atoms with Gasteiger partial charge in [0.15, 0.2) is 0 Å². The van der Waals surface area contributed by atoms with Crippen molar-refractivity contribution in [1.82, 2.24) is 9.13 Å². The molecule has 10 aromatic rings. The smallest absolute Gasteiger partial charge is 0.434 e. The van der Waals surface area contributed by atoms with Crippen LogP contribution < -0.4 is 20.3 Å². The molecule has 4 heterocycles. The Labute approximate surface area is 346 Å². The van der Waals surface area contributed by atoms with E-state index >= 15 is 0 Å². The Hall–Kier alpha value is -6.98. The number of aromatic nitrogens is 2. The zero-order valence-corrected chi connectivity index (χ0v) is 26.3. The molecular weight excluding hydrogens is 647 g/mol. The normalized spacial score (nSPS) is 20.5. The Balaban J connectivity index is 1.26. The van der Waals surface area contributed by atoms with E-state index < -0.39 is 288 Å². The molecule has 0 radical (unpaired) electrons. The fourth-order valence-corrected chi connectivity index (χ4v) is 6.94. The lowest BCUT2D eigenvalue weighted by Gasteiger charge is -2.33. The maximum atomic E-state index is 10.2. The first-order valence-corrected chi connectivity index (χ1v) is 15.8. The summed E-state index contributed by atoms with van der Waals surface area (Å²) in [5, 5.41) is -1.95. The monoisotopic (exact) mass is 705 g/mol. The number of fused-ring (bicyclic) bond motifs is 10. The first-order valence-electron chi connectivity index (χ1n) is 30.3. The molecule has 0 bridgehead atoms. The van der Waals surface area contributed by atoms with Gasteiger partial charge in [0.2, 0.25) is 0 Å². The molecule has 8 aromatic carbocycles. The third-order valence-electron chi connectivity index (χ3n) is 9.09. The van der Waals surface area contributed by atoms with Crippen LogP contribution in [0.5, 0.6) is 17.2 Å². The fourth-order valence-electron chi connectivity index (χ4n) is 6.94. The van der Waals surface area contributed by atoms with Crippen molar-refractivity contribution in [2.24, 2.45) is 0 Å². The van der Waals surface area contributed by atoms with Crippen LogP contribution in [0.4, 0.5) is 0 Å². The molecule has 0 saturated carbocycles. The average molecular weight is 706 g/mol. The molecule has 0 N–H and O–H groups in total. The van der Waals surface area contributed by atoms with Crippen LogP contribution in [-0.4, -0.2) is 16.0 Å². The van der Waals surface area contributed by atoms with Gasteiger partial charge in [0, 0.05) is 49.3 Å². The second-order valence-electron chi connectivity index (χ2n) is 11.8. The Morgan fingerprint density at radius 2 is 0.981 bits per heavy atom. The van der Waals surface area contributed by atoms with Gasteiger partial charge in [0.25, 0.3) is 0 Å². The minimum Gasteiger partial charge on any atom is -0.551 e. The van der Waals surface area contributed by atoms with Gasteiger partial charge in [-0.05, 0) is 77.6 Å². The van der Waals surface area contributed by atoms with Crippen LogP contribution in [0.15, 0.2) is 175 Å². The number of benzene rings is 8. The number of hydrogen-bond acceptors (Lipinski definition) is 2. The van der Waals surface area contributed by atoms with Crippen LogP contribution in [0.1, 0.15) is 39.8 Å². The number of ether oxygens (including phenoxy) is 1. The first-order chi connectivity index (χ1) is 38.4. The molecule has 0 amide bonds. The molecule has 0 atom stereocenters. The van der Waals surface area contributed by atoms with Gasteiger partial charge in [-0.2, -0.15) is 0 Å². The molecule has 53 heavy (non-hydrogen) atoms. The van der Waals surface area contributed by atoms with Gasteiger partial charge in [-0.3, -0.25) is 0 Å². The van der Waals surface area contributed by atoms with Crippen LogP contribution in [-0.2, 0) is 0 Å². The summed E-state index contributed by atoms with van der Waals surface area (Å²) in [6.07, 6.45) is 0. The molecule has 2 aromatic heterocycles. The van der Waals surface area contributed by atoms with Crippen LogP contribution in [0.25, 0.3) is 77.2 Å². The Bertz CT molecular complexity index is 4670. The van der Waals surface area contributed by atoms with Gasteiger partial charge < -0.3 is 18.5 Å². The maximum Gasteiger partial charge on any atom is 0.434 e. The Morgan fingerprint density at radius 1 is 0.434 bits per heavy atom. The summed E-state index contributed by atoms with van der Waals surface area (Å²) in [5.41, 5.74) is -7.96. The van der Waals surface area contributed by atoms with Crippen molar-refractivity contribution in [2.75, 3.05) is 0 Å². The molecule has 5 heteroatoms. The van der Waals surface area contributed by atoms with Crippen molar-refractivity contribution in [1.29, 1.82) is 0 Å². The van der Waals surface area contributed by atoms with E-state index in [4.69, 9.17) is 35.4 Å². The summed E-state index contributed by atoms with van der Waals surface area (Å²) in [4.78, 5) is 0. The molecule has 0 unspecified atom stereocenters. The van der Waals surface area contributed by atoms with Gasteiger partial charge >= 0.3 is 6.92 Å². The van der Waals surface area contributed by atoms with E-state index in [1.165, 1.54) is 0 Å². The van der Waals surface area contributed by atoms with Crippen molar-refractivity contribution in [2.45, 2.75) is 0 Å². The highest BCUT2D eigenvalue weighted by Crippen LogP contribution is 2.44. The van der Waals surface area contributed by atoms with E-state index in [1.54, 1.807) is 0 Å². The van der Waals surface area contributed by atoms with Gasteiger partial charge in [-0.1, -0.05) is 109 Å². The molecule has 2 aliphatic rings. The highest BCUT2D eigenvalue weighted by atomic mass is 16.5. The van der Waals surface area contributed by atoms with Gasteiger partial charge in [-0.15, -0.1) is 0 Å². The standard InChI is InChI=1S/C48H29BN2O2/c1-7-19-40(51-43-22-10-4-16-35(43)36-17-5-11-23-44(36)51)32(13-1)30-27-38-37-18-6-12-24-45(37)53-49-39-29-31(25-26-46(39)52-47(28-30)48(38)49)50-41-20-8-2-14-33(41)34-15-3-9-21-42(34)50/h1-29H/i1D,2D,3D,4D,5D,6D,7D,8D,9D,10D,11D,12D,13D,14D,15D,16D,17D,18D,19D,20D,21D,22D,23D,24D,25D,26D,27D,28D,29D. The van der Waals surface area contributed by atoms with E-state index in [9.17, 15) is 13.7 Å². The van der Waals surface area contributed by atoms with E-state index in [2.05, 4.69) is 0 Å². The largest absolute Gasteiger partial charge is 0.551 e. The molecule has 0 aliphatic carbocycles. The lowest BCUT2D eigenvalue weighted by molar-refractivity contribution is 0.479. The highest BCUT2D eigenvalue weighted by Gasteiger charge is 2.41. The summed E-state index contributed by atoms with van der Waals surface area (Å²) < 4.78 is 278. The molecule has 0 spiro atoms. The fraction of sp³-hybridized carbons (Fsp3) is 0. The predicted octanol–water partition coefficient (Wildman–Crippen LogP) is 10.8. The zero-order valence-electron chi connectivity index (χ0n) is 55.3. The summed E-state index contributed by atoms with van der Waals surface area (Å²) in [5.74, 6) is -2.27. The van der Waals surface area contributed by atoms with Crippen LogP contribution in [0, 0.1) is 0 Å². The molecular formula is C48H29BN2O2. The lowest BCUT2D eigenvalue weighted by atomic mass is 9.50. The molecule has 2 aliphatic heterocycles. The van der Waals surface area contributed by atoms with Crippen molar-refractivity contribution in [3.63, 3.8) is 0 Å². The van der Waals surface area contributed by atoms with Gasteiger partial charge in [0.1, 0.15) is 17.2 Å². The lowest BCUT2D eigenvalue weighted by Crippen LogP contribution is -2.53. The van der Waals surface area contributed by atoms with E-state index in [0.29, 0.717) is 0 Å². The first kappa shape index (κ1) is 12.6. The second kappa shape index (κ2) is 10.8. The predicted molar refractivity (Wildman–Crippen MR) is 218 cm³/mol. The third-order valence-corrected chi connectivity index (χ3v) is 9.09. The molecule has 0 fully saturated rings. The quantitative estimate of drug-likeness (QED) is 0.171. The third kappa shape index (κ3) is 4.02. The topological polar surface area (TPSA) is 28.3 Å². The van der Waals surface area contributed by atoms with Crippen molar-refractivity contribution >= 4 is 61.5 Å². The van der Waals surface area contributed by atoms with E-state index in [1.807, 2.05) is 0 Å². The molecule has 0 saturated heterocycles. The summed E-state index contributed by atoms with van der Waals surface area (Å²) in [6.45, 7) is -2.03. The number of hydrogen-bond donors (Lipinski definition) is 0. The average Bonchev–Trinajstić information content (AvgIpc) is 4.17. The minimum absolute atomic E-state index is 0.455. The van der Waals surface area contributed by atoms with Crippen molar-refractivity contribution in [3.8, 4) is 50.9 Å². The maximum absolute atomic E-state index is 10.2. The van der Waals surface area contributed by atoms with Gasteiger partial charge in [-0.25, -0.2) is 0 Å². The Kier molecular flexibility index (Phi) is 2.56. The van der Waals surface area contributed by atoms with E-state index in [-0.39, 0.29) is 0 Å². The summed E-state index contributed by atoms with van der Waals surface area (Å²) in [7, 11) is 0. The SMILES string of the molecule is [2H]c1c([2H])c([2H])c2c(c1[2H])OB1c3c([2H])c(-n4c5c([2H])c([2H])c([2H])c([2H])c5c5c([2H])c([2H])c([2H])c([2H])c54)c([2H])c([2H])c3Oc3c([2H])c(-c4c([2H])c([2H])c([2H])c([2H])c4-n4c5c([2H])c([2H])c([2H])c([2H])c5c5c([2H])c([2H])c([2H])c([2H])c54)c([2H])c-2c31. The number of nitrogens with zero attached hydrogens (tertiary/aromatic N) is 2. The molecule has 4 nitrogen and oxygen atoms in total. The minimum atomic E-state index is -2.03. The van der Waals surface area contributed by atoms with E-state index in [0.717, 1.165) is 9.13 Å². The summed E-state index contributed by atoms with van der Waals surface area (Å²) in [6, 6.07) is -26.1. The second-order valence-corrected chi connectivity index (χ2v) is 11.8. The zero-order chi connectivity index (χ0) is 59.9. The van der Waals surface area contributed by atoms with Crippen molar-refractivity contribution < 1.29 is 49.1 Å². The van der Waals surface area contributed by atoms with Gasteiger partial charge in [0.05, 0.1) is 67.5 Å². The highest BCUT2D eigenvalue weighted by molar-refractivity contribution is 6.84. The van der Waals surface area contributed by atoms with Crippen LogP contribution >= 0.6 is 0 Å².